The van der Waals surface area contributed by atoms with Crippen molar-refractivity contribution >= 4 is 40.7 Å². The lowest BCUT2D eigenvalue weighted by molar-refractivity contribution is 0.563. The third kappa shape index (κ3) is 8.93. The molecular weight excluding hydrogens is 321 g/mol. The second-order valence-electron chi connectivity index (χ2n) is 4.85. The van der Waals surface area contributed by atoms with Gasteiger partial charge in [0.2, 0.25) is 6.08 Å². The van der Waals surface area contributed by atoms with Crippen LogP contribution in [-0.4, -0.2) is 37.0 Å². The normalized spacial score (nSPS) is 10.9. The van der Waals surface area contributed by atoms with E-state index in [1.807, 2.05) is 0 Å². The van der Waals surface area contributed by atoms with Gasteiger partial charge in [0, 0.05) is 42.3 Å². The number of carbonyl (C=O) groups excluding carboxylic acids is 1. The number of hydrogen-bond acceptors (Lipinski definition) is 4. The minimum atomic E-state index is 0.512. The van der Waals surface area contributed by atoms with Crippen molar-refractivity contribution in [2.24, 2.45) is 0 Å². The van der Waals surface area contributed by atoms with E-state index < -0.39 is 0 Å². The molecule has 1 atom stereocenters. The number of anilines is 2. The average molecular weight is 346 g/mol. The van der Waals surface area contributed by atoms with Crippen LogP contribution in [0.15, 0.2) is 24.3 Å². The lowest BCUT2D eigenvalue weighted by Crippen LogP contribution is -2.27. The number of alkyl halides is 2. The summed E-state index contributed by atoms with van der Waals surface area (Å²) in [5, 5.41) is 8.91. The van der Waals surface area contributed by atoms with Crippen molar-refractivity contribution in [3.05, 3.63) is 24.3 Å². The third-order valence-electron chi connectivity index (χ3n) is 3.08. The summed E-state index contributed by atoms with van der Waals surface area (Å²) < 4.78 is 0. The molecule has 0 aliphatic heterocycles. The fraction of sp³-hybridized carbons (Fsp3) is 0.562. The molecule has 0 saturated carbocycles. The van der Waals surface area contributed by atoms with Gasteiger partial charge in [-0.2, -0.15) is 0 Å². The molecule has 0 aliphatic rings. The molecule has 4 nitrogen and oxygen atoms in total. The van der Waals surface area contributed by atoms with Crippen LogP contribution in [0.5, 0.6) is 0 Å². The van der Waals surface area contributed by atoms with Gasteiger partial charge in [0.05, 0.1) is 0 Å². The van der Waals surface area contributed by atoms with Crippen molar-refractivity contribution < 1.29 is 4.79 Å². The van der Waals surface area contributed by atoms with E-state index in [1.54, 1.807) is 0 Å². The van der Waals surface area contributed by atoms with Crippen LogP contribution in [0, 0.1) is 5.41 Å². The van der Waals surface area contributed by atoms with Gasteiger partial charge in [0.15, 0.2) is 0 Å². The predicted molar refractivity (Wildman–Crippen MR) is 96.5 cm³/mol. The summed E-state index contributed by atoms with van der Waals surface area (Å²) in [6.45, 7) is 6.07. The average Bonchev–Trinajstić information content (AvgIpc) is 2.49. The first-order valence-electron chi connectivity index (χ1n) is 7.40. The molecule has 2 N–H and O–H groups in total. The molecule has 6 heteroatoms. The highest BCUT2D eigenvalue weighted by Crippen LogP contribution is 2.19. The number of nitrogens with one attached hydrogen (secondary N) is 2. The van der Waals surface area contributed by atoms with Crippen molar-refractivity contribution in [3.8, 4) is 0 Å². The highest BCUT2D eigenvalue weighted by atomic mass is 35.5. The topological polar surface area (TPSA) is 56.2 Å². The molecule has 1 aromatic rings. The van der Waals surface area contributed by atoms with Crippen molar-refractivity contribution in [2.45, 2.75) is 32.7 Å². The minimum Gasteiger partial charge on any atom is -0.383 e. The Balaban J connectivity index is 0.00000135. The maximum absolute atomic E-state index is 8.35. The van der Waals surface area contributed by atoms with Crippen LogP contribution in [0.2, 0.25) is 0 Å². The maximum Gasteiger partial charge on any atom is 0.231 e. The number of benzene rings is 1. The molecule has 0 fully saturated rings. The highest BCUT2D eigenvalue weighted by molar-refractivity contribution is 6.18. The van der Waals surface area contributed by atoms with Crippen molar-refractivity contribution in [1.29, 1.82) is 5.41 Å². The van der Waals surface area contributed by atoms with Gasteiger partial charge in [-0.25, -0.2) is 10.2 Å². The van der Waals surface area contributed by atoms with Gasteiger partial charge in [-0.15, -0.1) is 23.2 Å². The van der Waals surface area contributed by atoms with Crippen LogP contribution in [0.3, 0.4) is 0 Å². The summed E-state index contributed by atoms with van der Waals surface area (Å²) in [5.74, 6) is 1.23. The zero-order valence-corrected chi connectivity index (χ0v) is 14.8. The molecule has 1 rings (SSSR count). The fourth-order valence-corrected chi connectivity index (χ4v) is 2.54. The second-order valence-corrected chi connectivity index (χ2v) is 5.60. The smallest absolute Gasteiger partial charge is 0.231 e. The van der Waals surface area contributed by atoms with Crippen molar-refractivity contribution in [2.75, 3.05) is 35.1 Å². The number of hydrogen-bond donors (Lipinski definition) is 2. The first kappa shape index (κ1) is 20.8. The Morgan fingerprint density at radius 2 is 1.73 bits per heavy atom. The third-order valence-corrected chi connectivity index (χ3v) is 3.41. The molecule has 124 valence electrons. The molecule has 0 heterocycles. The number of isocyanates is 1. The van der Waals surface area contributed by atoms with Gasteiger partial charge in [-0.3, -0.25) is 0 Å². The minimum absolute atomic E-state index is 0.512. The zero-order chi connectivity index (χ0) is 16.8. The van der Waals surface area contributed by atoms with Crippen molar-refractivity contribution in [3.63, 3.8) is 0 Å². The van der Waals surface area contributed by atoms with E-state index in [1.165, 1.54) is 24.2 Å². The van der Waals surface area contributed by atoms with Gasteiger partial charge in [-0.1, -0.05) is 13.3 Å². The van der Waals surface area contributed by atoms with Crippen LogP contribution in [0.25, 0.3) is 0 Å². The molecule has 0 bridgehead atoms. The molecule has 0 amide bonds. The molecule has 0 aromatic heterocycles. The molecule has 1 unspecified atom stereocenters. The SMILES string of the molecule is CCCC(C)Nc1ccc(N(CCCl)CCCl)cc1.N=C=O. The summed E-state index contributed by atoms with van der Waals surface area (Å²) in [6, 6.07) is 9.01. The van der Waals surface area contributed by atoms with E-state index in [9.17, 15) is 0 Å². The van der Waals surface area contributed by atoms with E-state index >= 15 is 0 Å². The predicted octanol–water partition coefficient (Wildman–Crippen LogP) is 4.47. The summed E-state index contributed by atoms with van der Waals surface area (Å²) in [5.41, 5.74) is 2.34. The van der Waals surface area contributed by atoms with Gasteiger partial charge < -0.3 is 10.2 Å². The van der Waals surface area contributed by atoms with Crippen LogP contribution in [0.4, 0.5) is 11.4 Å². The van der Waals surface area contributed by atoms with Gasteiger partial charge in [0.1, 0.15) is 0 Å². The largest absolute Gasteiger partial charge is 0.383 e. The summed E-state index contributed by atoms with van der Waals surface area (Å²) >= 11 is 11.6. The lowest BCUT2D eigenvalue weighted by Gasteiger charge is -2.23. The molecule has 1 aromatic carbocycles. The van der Waals surface area contributed by atoms with Crippen molar-refractivity contribution in [1.82, 2.24) is 0 Å². The Hall–Kier alpha value is -1.22. The molecular formula is C16H25Cl2N3O. The second kappa shape index (κ2) is 13.4. The fourth-order valence-electron chi connectivity index (χ4n) is 2.13. The van der Waals surface area contributed by atoms with Gasteiger partial charge in [0.25, 0.3) is 0 Å². The molecule has 0 aliphatic carbocycles. The molecule has 0 radical (unpaired) electrons. The van der Waals surface area contributed by atoms with E-state index in [0.717, 1.165) is 19.2 Å². The highest BCUT2D eigenvalue weighted by Gasteiger charge is 2.06. The first-order chi connectivity index (χ1) is 10.6. The molecule has 0 spiro atoms. The molecule has 0 saturated heterocycles. The first-order valence-corrected chi connectivity index (χ1v) is 8.47. The van der Waals surface area contributed by atoms with E-state index in [4.69, 9.17) is 33.4 Å². The maximum atomic E-state index is 8.35. The Morgan fingerprint density at radius 1 is 1.23 bits per heavy atom. The van der Waals surface area contributed by atoms with Crippen LogP contribution in [-0.2, 0) is 4.79 Å². The van der Waals surface area contributed by atoms with E-state index in [0.29, 0.717) is 17.8 Å². The Kier molecular flexibility index (Phi) is 12.7. The lowest BCUT2D eigenvalue weighted by atomic mass is 10.2. The standard InChI is InChI=1S/C15H24Cl2N2.CHNO/c1-3-4-13(2)18-14-5-7-15(8-6-14)19(11-9-16)12-10-17;2-1-3/h5-8,13,18H,3-4,9-12H2,1-2H3;2H. The monoisotopic (exact) mass is 345 g/mol. The van der Waals surface area contributed by atoms with E-state index in [-0.39, 0.29) is 0 Å². The summed E-state index contributed by atoms with van der Waals surface area (Å²) in [4.78, 5) is 10.6. The molecule has 22 heavy (non-hydrogen) atoms. The Labute approximate surface area is 143 Å². The van der Waals surface area contributed by atoms with Gasteiger partial charge in [-0.05, 0) is 37.6 Å². The number of halogens is 2. The van der Waals surface area contributed by atoms with Crippen LogP contribution in [0.1, 0.15) is 26.7 Å². The van der Waals surface area contributed by atoms with Crippen LogP contribution < -0.4 is 10.2 Å². The van der Waals surface area contributed by atoms with E-state index in [2.05, 4.69) is 48.3 Å². The quantitative estimate of drug-likeness (QED) is 0.394. The van der Waals surface area contributed by atoms with Crippen LogP contribution >= 0.6 is 23.2 Å². The van der Waals surface area contributed by atoms with Gasteiger partial charge >= 0.3 is 0 Å². The Bertz CT molecular complexity index is 414. The number of rotatable bonds is 9. The Morgan fingerprint density at radius 3 is 2.14 bits per heavy atom. The number of nitrogens with zero attached hydrogens (tertiary/aromatic N) is 1. The summed E-state index contributed by atoms with van der Waals surface area (Å²) in [7, 11) is 0. The zero-order valence-electron chi connectivity index (χ0n) is 13.2. The summed E-state index contributed by atoms with van der Waals surface area (Å²) in [6.07, 6.45) is 3.14.